The van der Waals surface area contributed by atoms with Crippen LogP contribution in [0, 0.1) is 41.1 Å². The number of aliphatic hydroxyl groups is 1. The summed E-state index contributed by atoms with van der Waals surface area (Å²) in [6, 6.07) is 25.9. The van der Waals surface area contributed by atoms with Crippen molar-refractivity contribution in [3.8, 4) is 33.5 Å². The average molecular weight is 821 g/mol. The van der Waals surface area contributed by atoms with Crippen LogP contribution in [-0.4, -0.2) is 22.1 Å². The molecule has 12 heteroatoms. The number of aliphatic hydroxyl groups excluding tert-OH is 1. The second-order valence-electron chi connectivity index (χ2n) is 9.99. The second-order valence-corrected chi connectivity index (χ2v) is 9.99. The van der Waals surface area contributed by atoms with Crippen molar-refractivity contribution in [2.45, 2.75) is 20.0 Å². The van der Waals surface area contributed by atoms with Crippen molar-refractivity contribution < 1.29 is 65.1 Å². The van der Waals surface area contributed by atoms with Gasteiger partial charge in [0.05, 0.1) is 16.8 Å². The molecule has 0 aliphatic carbocycles. The fraction of sp³-hybridized carbons (Fsp3) is 0.118. The number of nitrogens with zero attached hydrogens (tertiary/aromatic N) is 1. The van der Waals surface area contributed by atoms with Gasteiger partial charge in [-0.1, -0.05) is 68.4 Å². The van der Waals surface area contributed by atoms with Crippen LogP contribution in [0.2, 0.25) is 0 Å². The van der Waals surface area contributed by atoms with Gasteiger partial charge in [-0.05, 0) is 28.3 Å². The second kappa shape index (κ2) is 14.8. The molecule has 1 heterocycles. The number of benzene rings is 4. The molecule has 0 spiro atoms. The van der Waals surface area contributed by atoms with E-state index in [1.165, 1.54) is 26.0 Å². The third-order valence-electron chi connectivity index (χ3n) is 6.54. The van der Waals surface area contributed by atoms with Gasteiger partial charge in [0.25, 0.3) is 5.78 Å². The van der Waals surface area contributed by atoms with Gasteiger partial charge in [-0.2, -0.15) is 13.2 Å². The first-order valence-corrected chi connectivity index (χ1v) is 13.2. The minimum Gasteiger partial charge on any atom is -0.512 e. The van der Waals surface area contributed by atoms with Crippen LogP contribution >= 0.6 is 0 Å². The van der Waals surface area contributed by atoms with Crippen LogP contribution in [0.1, 0.15) is 13.8 Å². The number of alkyl halides is 3. The summed E-state index contributed by atoms with van der Waals surface area (Å²) in [7, 11) is 0. The van der Waals surface area contributed by atoms with Crippen LogP contribution in [0.5, 0.6) is 0 Å². The van der Waals surface area contributed by atoms with Crippen LogP contribution in [0.15, 0.2) is 90.7 Å². The van der Waals surface area contributed by atoms with Crippen LogP contribution in [0.25, 0.3) is 44.4 Å². The Morgan fingerprint density at radius 2 is 1.35 bits per heavy atom. The largest absolute Gasteiger partial charge is 0.512 e. The molecule has 0 saturated carbocycles. The Hall–Kier alpha value is -4.41. The minimum atomic E-state index is -4.90. The molecule has 1 radical (unpaired) electrons. The summed E-state index contributed by atoms with van der Waals surface area (Å²) < 4.78 is 103. The quantitative estimate of drug-likeness (QED) is 0.0480. The zero-order chi connectivity index (χ0) is 33.1. The number of para-hydroxylation sites is 1. The number of halogens is 8. The minimum absolute atomic E-state index is 0. The maximum absolute atomic E-state index is 14.1. The monoisotopic (exact) mass is 821 g/mol. The number of pyridine rings is 1. The van der Waals surface area contributed by atoms with Crippen molar-refractivity contribution in [2.75, 3.05) is 0 Å². The van der Waals surface area contributed by atoms with Crippen LogP contribution in [0.4, 0.5) is 35.1 Å². The van der Waals surface area contributed by atoms with Crippen LogP contribution in [0.3, 0.4) is 0 Å². The summed E-state index contributed by atoms with van der Waals surface area (Å²) >= 11 is 0. The number of rotatable bonds is 5. The predicted molar refractivity (Wildman–Crippen MR) is 153 cm³/mol. The first-order chi connectivity index (χ1) is 21.2. The van der Waals surface area contributed by atoms with E-state index in [1.807, 2.05) is 42.5 Å². The molecule has 4 aromatic carbocycles. The van der Waals surface area contributed by atoms with Gasteiger partial charge in [-0.15, -0.1) is 35.4 Å². The van der Waals surface area contributed by atoms with E-state index in [-0.39, 0.29) is 31.7 Å². The van der Waals surface area contributed by atoms with E-state index in [9.17, 15) is 39.9 Å². The van der Waals surface area contributed by atoms with Gasteiger partial charge in [-0.3, -0.25) is 9.78 Å². The number of allylic oxidation sites excluding steroid dienone is 2. The van der Waals surface area contributed by atoms with Gasteiger partial charge in [0, 0.05) is 32.1 Å². The average Bonchev–Trinajstić information content (AvgIpc) is 3.03. The van der Waals surface area contributed by atoms with Crippen molar-refractivity contribution in [3.05, 3.63) is 126 Å². The fourth-order valence-electron chi connectivity index (χ4n) is 4.08. The summed E-state index contributed by atoms with van der Waals surface area (Å²) in [5.41, 5.74) is 2.73. The van der Waals surface area contributed by atoms with E-state index in [1.54, 1.807) is 24.3 Å². The molecule has 3 nitrogen and oxygen atoms in total. The number of ketones is 1. The molecule has 0 bridgehead atoms. The summed E-state index contributed by atoms with van der Waals surface area (Å²) in [6.07, 6.45) is -4.70. The van der Waals surface area contributed by atoms with E-state index >= 15 is 0 Å². The third-order valence-corrected chi connectivity index (χ3v) is 6.54. The molecule has 1 aromatic heterocycles. The number of carbonyl (C=O) groups is 1. The summed E-state index contributed by atoms with van der Waals surface area (Å²) in [5, 5.41) is 9.82. The van der Waals surface area contributed by atoms with E-state index in [2.05, 4.69) is 11.1 Å². The molecule has 0 aliphatic rings. The molecule has 46 heavy (non-hydrogen) atoms. The Bertz CT molecular complexity index is 1880. The first kappa shape index (κ1) is 36.1. The Morgan fingerprint density at radius 3 is 1.93 bits per heavy atom. The maximum Gasteiger partial charge on any atom is 0.454 e. The standard InChI is InChI=1S/C27H13F5N.C7H9F3O2.Ir/c28-23-22(24(29)26(31)27(32)25(23)30)17-10-8-15(9-11-17)18-5-3-6-19(14-18)21-13-12-16-4-1-2-7-20(16)33-21;1-4(2)5(11)3-6(12)7(8,9)10;/h1-5,7-14H;3-4,11H,1-2H3;/q-1;;/b;5-3-;. The summed E-state index contributed by atoms with van der Waals surface area (Å²) in [6.45, 7) is 2.96. The first-order valence-electron chi connectivity index (χ1n) is 13.2. The Balaban J connectivity index is 0.000000380. The van der Waals surface area contributed by atoms with Gasteiger partial charge in [0.2, 0.25) is 5.82 Å². The van der Waals surface area contributed by atoms with Crippen molar-refractivity contribution in [1.29, 1.82) is 0 Å². The van der Waals surface area contributed by atoms with Crippen LogP contribution < -0.4 is 0 Å². The molecule has 0 atom stereocenters. The molecule has 0 saturated heterocycles. The molecule has 0 amide bonds. The van der Waals surface area contributed by atoms with E-state index < -0.39 is 58.3 Å². The Labute approximate surface area is 271 Å². The number of aromatic nitrogens is 1. The smallest absolute Gasteiger partial charge is 0.454 e. The third kappa shape index (κ3) is 8.05. The van der Waals surface area contributed by atoms with Gasteiger partial charge in [0.15, 0.2) is 23.3 Å². The van der Waals surface area contributed by atoms with Crippen molar-refractivity contribution in [1.82, 2.24) is 4.98 Å². The molecule has 1 N–H and O–H groups in total. The van der Waals surface area contributed by atoms with E-state index in [4.69, 9.17) is 5.11 Å². The fourth-order valence-corrected chi connectivity index (χ4v) is 4.08. The number of hydrogen-bond acceptors (Lipinski definition) is 3. The van der Waals surface area contributed by atoms with E-state index in [0.717, 1.165) is 27.7 Å². The van der Waals surface area contributed by atoms with Crippen LogP contribution in [-0.2, 0) is 24.9 Å². The molecule has 0 aliphatic heterocycles. The molecule has 0 unspecified atom stereocenters. The van der Waals surface area contributed by atoms with Crippen molar-refractivity contribution >= 4 is 16.7 Å². The number of hydrogen-bond donors (Lipinski definition) is 1. The molecule has 0 fully saturated rings. The number of fused-ring (bicyclic) bond motifs is 1. The Kier molecular flexibility index (Phi) is 11.6. The predicted octanol–water partition coefficient (Wildman–Crippen LogP) is 9.94. The Morgan fingerprint density at radius 1 is 0.783 bits per heavy atom. The van der Waals surface area contributed by atoms with Crippen molar-refractivity contribution in [3.63, 3.8) is 0 Å². The zero-order valence-electron chi connectivity index (χ0n) is 23.8. The number of carbonyl (C=O) groups excluding carboxylic acids is 1. The van der Waals surface area contributed by atoms with Gasteiger partial charge in [0.1, 0.15) is 0 Å². The molecule has 5 rings (SSSR count). The maximum atomic E-state index is 14.1. The molecular formula is C34H22F8IrNO2-. The molecule has 241 valence electrons. The van der Waals surface area contributed by atoms with Gasteiger partial charge >= 0.3 is 6.18 Å². The topological polar surface area (TPSA) is 50.2 Å². The molecule has 5 aromatic rings. The zero-order valence-corrected chi connectivity index (χ0v) is 26.2. The SMILES string of the molecule is CC(C)/C(O)=C/C(=O)C(F)(F)F.Fc1c(F)c(F)c(-c2ccc(-c3cc[c-]c(-c4ccc5ccccc5n4)c3)cc2)c(F)c1F.[Ir]. The molecular weight excluding hydrogens is 799 g/mol. The normalized spacial score (nSPS) is 11.6. The van der Waals surface area contributed by atoms with Gasteiger partial charge in [-0.25, -0.2) is 22.0 Å². The van der Waals surface area contributed by atoms with E-state index in [0.29, 0.717) is 5.56 Å². The van der Waals surface area contributed by atoms with Gasteiger partial charge < -0.3 is 5.11 Å². The summed E-state index contributed by atoms with van der Waals surface area (Å²) in [5.74, 6) is -12.9. The summed E-state index contributed by atoms with van der Waals surface area (Å²) in [4.78, 5) is 14.9. The van der Waals surface area contributed by atoms with Crippen molar-refractivity contribution in [2.24, 2.45) is 5.92 Å².